The van der Waals surface area contributed by atoms with Crippen LogP contribution in [0.3, 0.4) is 0 Å². The van der Waals surface area contributed by atoms with Crippen molar-refractivity contribution in [3.05, 3.63) is 23.7 Å². The Bertz CT molecular complexity index is 583. The molecular formula is C11H12N2O4. The topological polar surface area (TPSA) is 91.6 Å². The van der Waals surface area contributed by atoms with Crippen molar-refractivity contribution in [1.82, 2.24) is 0 Å². The van der Waals surface area contributed by atoms with Crippen LogP contribution in [-0.4, -0.2) is 19.3 Å². The van der Waals surface area contributed by atoms with Crippen LogP contribution >= 0.6 is 0 Å². The van der Waals surface area contributed by atoms with Gasteiger partial charge in [0.15, 0.2) is 23.9 Å². The summed E-state index contributed by atoms with van der Waals surface area (Å²) in [5.41, 5.74) is 6.13. The molecule has 0 amide bonds. The summed E-state index contributed by atoms with van der Waals surface area (Å²) >= 11 is 0. The Morgan fingerprint density at radius 2 is 1.88 bits per heavy atom. The van der Waals surface area contributed by atoms with Crippen molar-refractivity contribution in [2.45, 2.75) is 0 Å². The van der Waals surface area contributed by atoms with Gasteiger partial charge in [-0.25, -0.2) is 0 Å². The van der Waals surface area contributed by atoms with E-state index >= 15 is 0 Å². The second-order valence-corrected chi connectivity index (χ2v) is 3.46. The Morgan fingerprint density at radius 1 is 1.24 bits per heavy atom. The maximum atomic E-state index is 11.2. The summed E-state index contributed by atoms with van der Waals surface area (Å²) in [4.78, 5) is 0. The van der Waals surface area contributed by atoms with E-state index in [9.17, 15) is 10.3 Å². The van der Waals surface area contributed by atoms with Gasteiger partial charge >= 0.3 is 0 Å². The number of hydrogen-bond donors (Lipinski definition) is 2. The van der Waals surface area contributed by atoms with Crippen LogP contribution in [0.2, 0.25) is 0 Å². The molecule has 2 rings (SSSR count). The molecule has 0 atom stereocenters. The summed E-state index contributed by atoms with van der Waals surface area (Å²) in [5.74, 6) is 0.263. The molecule has 1 aromatic carbocycles. The summed E-state index contributed by atoms with van der Waals surface area (Å²) in [7, 11) is 2.81. The van der Waals surface area contributed by atoms with Crippen LogP contribution in [0.4, 0.5) is 5.69 Å². The molecule has 90 valence electrons. The molecule has 1 aromatic heterocycles. The number of rotatable bonds is 2. The number of fused-ring (bicyclic) bond motifs is 1. The minimum Gasteiger partial charge on any atom is -0.619 e. The third kappa shape index (κ3) is 1.54. The number of aromatic nitrogens is 1. The van der Waals surface area contributed by atoms with Crippen LogP contribution in [0, 0.1) is 5.21 Å². The lowest BCUT2D eigenvalue weighted by atomic mass is 10.1. The van der Waals surface area contributed by atoms with E-state index in [1.165, 1.54) is 32.7 Å². The molecule has 0 spiro atoms. The third-order valence-electron chi connectivity index (χ3n) is 2.55. The molecule has 1 heterocycles. The van der Waals surface area contributed by atoms with Crippen LogP contribution in [-0.2, 0) is 0 Å². The van der Waals surface area contributed by atoms with Gasteiger partial charge in [0, 0.05) is 11.5 Å². The van der Waals surface area contributed by atoms with E-state index in [1.54, 1.807) is 0 Å². The number of nitrogens with two attached hydrogens (primary N) is 1. The number of ether oxygens (including phenoxy) is 2. The maximum absolute atomic E-state index is 11.2. The Hall–Kier alpha value is -2.37. The highest BCUT2D eigenvalue weighted by atomic mass is 16.5. The van der Waals surface area contributed by atoms with Crippen LogP contribution in [0.5, 0.6) is 17.2 Å². The Kier molecular flexibility index (Phi) is 2.55. The van der Waals surface area contributed by atoms with E-state index < -0.39 is 0 Å². The highest BCUT2D eigenvalue weighted by Crippen LogP contribution is 2.46. The van der Waals surface area contributed by atoms with Gasteiger partial charge in [-0.2, -0.15) is 4.73 Å². The number of nitrogen functional groups attached to an aromatic ring is 1. The molecule has 6 nitrogen and oxygen atoms in total. The van der Waals surface area contributed by atoms with Crippen molar-refractivity contribution in [3.8, 4) is 17.2 Å². The monoisotopic (exact) mass is 236 g/mol. The van der Waals surface area contributed by atoms with Crippen LogP contribution in [0.25, 0.3) is 10.8 Å². The summed E-state index contributed by atoms with van der Waals surface area (Å²) in [6, 6.07) is 1.47. The molecule has 0 aliphatic heterocycles. The number of phenols is 1. The number of pyridine rings is 1. The van der Waals surface area contributed by atoms with Crippen molar-refractivity contribution in [2.24, 2.45) is 0 Å². The van der Waals surface area contributed by atoms with Gasteiger partial charge in [0.25, 0.3) is 0 Å². The SMILES string of the molecule is COc1c(OC)c(O)c2cc[n+]([O-])cc2c1N. The summed E-state index contributed by atoms with van der Waals surface area (Å²) in [5, 5.41) is 22.1. The molecule has 0 saturated heterocycles. The molecule has 0 fully saturated rings. The number of methoxy groups -OCH3 is 2. The van der Waals surface area contributed by atoms with Crippen molar-refractivity contribution in [2.75, 3.05) is 20.0 Å². The lowest BCUT2D eigenvalue weighted by Crippen LogP contribution is -2.24. The summed E-state index contributed by atoms with van der Waals surface area (Å²) < 4.78 is 10.7. The van der Waals surface area contributed by atoms with E-state index in [1.807, 2.05) is 0 Å². The molecule has 0 saturated carbocycles. The number of phenolic OH excluding ortho intramolecular Hbond substituents is 1. The number of nitrogens with zero attached hydrogens (tertiary/aromatic N) is 1. The fraction of sp³-hybridized carbons (Fsp3) is 0.182. The van der Waals surface area contributed by atoms with Gasteiger partial charge < -0.3 is 25.5 Å². The molecule has 17 heavy (non-hydrogen) atoms. The minimum absolute atomic E-state index is 0.103. The first-order valence-corrected chi connectivity index (χ1v) is 4.85. The lowest BCUT2D eigenvalue weighted by molar-refractivity contribution is -0.603. The fourth-order valence-electron chi connectivity index (χ4n) is 1.77. The van der Waals surface area contributed by atoms with E-state index in [-0.39, 0.29) is 22.9 Å². The Balaban J connectivity index is 2.94. The third-order valence-corrected chi connectivity index (χ3v) is 2.55. The molecular weight excluding hydrogens is 224 g/mol. The normalized spacial score (nSPS) is 10.5. The smallest absolute Gasteiger partial charge is 0.205 e. The Morgan fingerprint density at radius 3 is 2.47 bits per heavy atom. The molecule has 0 aliphatic carbocycles. The highest BCUT2D eigenvalue weighted by molar-refractivity contribution is 6.01. The lowest BCUT2D eigenvalue weighted by Gasteiger charge is -2.14. The molecule has 0 radical (unpaired) electrons. The zero-order valence-corrected chi connectivity index (χ0v) is 9.43. The second-order valence-electron chi connectivity index (χ2n) is 3.46. The van der Waals surface area contributed by atoms with E-state index in [2.05, 4.69) is 0 Å². The number of aromatic hydroxyl groups is 1. The van der Waals surface area contributed by atoms with Crippen LogP contribution < -0.4 is 19.9 Å². The van der Waals surface area contributed by atoms with Crippen molar-refractivity contribution in [3.63, 3.8) is 0 Å². The first-order valence-electron chi connectivity index (χ1n) is 4.85. The first kappa shape index (κ1) is 11.1. The van der Waals surface area contributed by atoms with E-state index in [0.29, 0.717) is 15.5 Å². The maximum Gasteiger partial charge on any atom is 0.205 e. The standard InChI is InChI=1S/C11H12N2O4/c1-16-10-8(12)7-5-13(15)4-3-6(7)9(14)11(10)17-2/h3-5,14H,12H2,1-2H3. The quantitative estimate of drug-likeness (QED) is 0.348. The highest BCUT2D eigenvalue weighted by Gasteiger charge is 2.20. The van der Waals surface area contributed by atoms with Gasteiger partial charge in [0.05, 0.1) is 25.3 Å². The number of hydrogen-bond acceptors (Lipinski definition) is 5. The van der Waals surface area contributed by atoms with Crippen LogP contribution in [0.15, 0.2) is 18.5 Å². The van der Waals surface area contributed by atoms with Crippen molar-refractivity contribution >= 4 is 16.5 Å². The first-order chi connectivity index (χ1) is 8.10. The van der Waals surface area contributed by atoms with Gasteiger partial charge in [0.2, 0.25) is 5.75 Å². The molecule has 0 unspecified atom stereocenters. The predicted molar refractivity (Wildman–Crippen MR) is 62.1 cm³/mol. The van der Waals surface area contributed by atoms with Gasteiger partial charge in [0.1, 0.15) is 0 Å². The predicted octanol–water partition coefficient (Wildman–Crippen LogP) is 0.778. The molecule has 2 aromatic rings. The van der Waals surface area contributed by atoms with Crippen molar-refractivity contribution < 1.29 is 19.3 Å². The fourth-order valence-corrected chi connectivity index (χ4v) is 1.77. The molecule has 0 bridgehead atoms. The molecule has 6 heteroatoms. The summed E-state index contributed by atoms with van der Waals surface area (Å²) in [6.45, 7) is 0. The molecule has 3 N–H and O–H groups in total. The van der Waals surface area contributed by atoms with Gasteiger partial charge in [-0.1, -0.05) is 0 Å². The Labute approximate surface area is 97.4 Å². The van der Waals surface area contributed by atoms with Gasteiger partial charge in [-0.3, -0.25) is 0 Å². The largest absolute Gasteiger partial charge is 0.619 e. The number of anilines is 1. The minimum atomic E-state index is -0.103. The van der Waals surface area contributed by atoms with Gasteiger partial charge in [-0.15, -0.1) is 0 Å². The zero-order chi connectivity index (χ0) is 12.6. The average Bonchev–Trinajstić information content (AvgIpc) is 2.33. The molecule has 0 aliphatic rings. The van der Waals surface area contributed by atoms with E-state index in [0.717, 1.165) is 0 Å². The average molecular weight is 236 g/mol. The van der Waals surface area contributed by atoms with E-state index in [4.69, 9.17) is 15.2 Å². The van der Waals surface area contributed by atoms with Crippen LogP contribution in [0.1, 0.15) is 0 Å². The number of benzene rings is 1. The summed E-state index contributed by atoms with van der Waals surface area (Å²) in [6.07, 6.45) is 2.54. The zero-order valence-electron chi connectivity index (χ0n) is 9.43. The second kappa shape index (κ2) is 3.89. The van der Waals surface area contributed by atoms with Gasteiger partial charge in [-0.05, 0) is 0 Å². The van der Waals surface area contributed by atoms with Crippen molar-refractivity contribution in [1.29, 1.82) is 0 Å².